The lowest BCUT2D eigenvalue weighted by molar-refractivity contribution is 0.156. The van der Waals surface area contributed by atoms with Crippen LogP contribution in [0.2, 0.25) is 0 Å². The van der Waals surface area contributed by atoms with Crippen LogP contribution in [0.15, 0.2) is 40.6 Å². The van der Waals surface area contributed by atoms with Crippen molar-refractivity contribution in [3.05, 3.63) is 35.6 Å². The molecular weight excluding hydrogens is 306 g/mol. The Bertz CT molecular complexity index is 546. The minimum atomic E-state index is 0.0885. The normalized spacial score (nSPS) is 33.2. The van der Waals surface area contributed by atoms with Gasteiger partial charge in [0.1, 0.15) is 0 Å². The molecule has 1 aliphatic heterocycles. The molecule has 3 heteroatoms. The minimum Gasteiger partial charge on any atom is -0.378 e. The van der Waals surface area contributed by atoms with Gasteiger partial charge in [0.25, 0.3) is 0 Å². The molecule has 1 heterocycles. The Morgan fingerprint density at radius 3 is 2.96 bits per heavy atom. The molecule has 0 amide bonds. The number of fused-ring (bicyclic) bond motifs is 1. The first-order valence-electron chi connectivity index (χ1n) is 8.66. The molecule has 0 aromatic heterocycles. The van der Waals surface area contributed by atoms with Gasteiger partial charge in [-0.15, -0.1) is 11.6 Å². The van der Waals surface area contributed by atoms with Crippen LogP contribution in [-0.4, -0.2) is 24.3 Å². The van der Waals surface area contributed by atoms with Crippen LogP contribution in [0.3, 0.4) is 0 Å². The number of nitrogens with zero attached hydrogens (tertiary/aromatic N) is 1. The van der Waals surface area contributed by atoms with E-state index in [0.29, 0.717) is 5.92 Å². The summed E-state index contributed by atoms with van der Waals surface area (Å²) in [7, 11) is 1.73. The van der Waals surface area contributed by atoms with E-state index < -0.39 is 0 Å². The van der Waals surface area contributed by atoms with Crippen molar-refractivity contribution >= 4 is 17.3 Å². The van der Waals surface area contributed by atoms with E-state index in [-0.39, 0.29) is 16.9 Å². The van der Waals surface area contributed by atoms with Gasteiger partial charge in [0.15, 0.2) is 0 Å². The highest BCUT2D eigenvalue weighted by Crippen LogP contribution is 2.45. The van der Waals surface area contributed by atoms with E-state index in [2.05, 4.69) is 45.1 Å². The van der Waals surface area contributed by atoms with Crippen LogP contribution >= 0.6 is 11.6 Å². The summed E-state index contributed by atoms with van der Waals surface area (Å²) in [5.74, 6) is 0.681. The quantitative estimate of drug-likeness (QED) is 0.467. The molecule has 1 fully saturated rings. The highest BCUT2D eigenvalue weighted by atomic mass is 35.5. The summed E-state index contributed by atoms with van der Waals surface area (Å²) in [6, 6.07) is 0. The highest BCUT2D eigenvalue weighted by molar-refractivity contribution is 6.33. The SMILES string of the molecule is C/C=C(\C=C/[C@@H](C)OC)CC1=CC[C@]2(C)C[C@H](C)C[C@H](Cl)C2=N1. The fourth-order valence-electron chi connectivity index (χ4n) is 3.65. The minimum absolute atomic E-state index is 0.0885. The van der Waals surface area contributed by atoms with Gasteiger partial charge in [-0.3, -0.25) is 4.99 Å². The molecule has 0 spiro atoms. The number of alkyl halides is 1. The molecule has 0 aromatic rings. The van der Waals surface area contributed by atoms with E-state index in [4.69, 9.17) is 21.3 Å². The molecule has 0 unspecified atom stereocenters. The summed E-state index contributed by atoms with van der Waals surface area (Å²) in [6.45, 7) is 8.73. The van der Waals surface area contributed by atoms with E-state index in [9.17, 15) is 0 Å². The lowest BCUT2D eigenvalue weighted by atomic mass is 9.67. The maximum Gasteiger partial charge on any atom is 0.0727 e. The number of hydrogen-bond acceptors (Lipinski definition) is 2. The topological polar surface area (TPSA) is 21.6 Å². The molecule has 0 bridgehead atoms. The molecule has 2 aliphatic rings. The molecule has 1 saturated carbocycles. The maximum absolute atomic E-state index is 6.63. The molecule has 0 N–H and O–H groups in total. The monoisotopic (exact) mass is 335 g/mol. The number of methoxy groups -OCH3 is 1. The number of hydrogen-bond donors (Lipinski definition) is 0. The Balaban J connectivity index is 2.11. The van der Waals surface area contributed by atoms with Gasteiger partial charge in [0.2, 0.25) is 0 Å². The molecule has 4 atom stereocenters. The van der Waals surface area contributed by atoms with Crippen molar-refractivity contribution in [1.29, 1.82) is 0 Å². The first kappa shape index (κ1) is 18.5. The average molecular weight is 336 g/mol. The summed E-state index contributed by atoms with van der Waals surface area (Å²) in [5, 5.41) is 0.0885. The van der Waals surface area contributed by atoms with Crippen LogP contribution in [0.25, 0.3) is 0 Å². The number of aliphatic imine (C=N–C) groups is 1. The van der Waals surface area contributed by atoms with E-state index in [1.807, 2.05) is 6.92 Å². The first-order chi connectivity index (χ1) is 10.9. The molecule has 0 radical (unpaired) electrons. The third kappa shape index (κ3) is 4.58. The summed E-state index contributed by atoms with van der Waals surface area (Å²) in [5.41, 5.74) is 3.78. The largest absolute Gasteiger partial charge is 0.378 e. The van der Waals surface area contributed by atoms with Gasteiger partial charge in [-0.2, -0.15) is 0 Å². The molecule has 0 aromatic carbocycles. The lowest BCUT2D eigenvalue weighted by Gasteiger charge is -2.42. The third-order valence-corrected chi connectivity index (χ3v) is 5.47. The van der Waals surface area contributed by atoms with Crippen LogP contribution in [-0.2, 0) is 4.74 Å². The number of rotatable bonds is 5. The van der Waals surface area contributed by atoms with Gasteiger partial charge >= 0.3 is 0 Å². The van der Waals surface area contributed by atoms with E-state index in [1.54, 1.807) is 7.11 Å². The Morgan fingerprint density at radius 1 is 1.57 bits per heavy atom. The third-order valence-electron chi connectivity index (χ3n) is 5.08. The Kier molecular flexibility index (Phi) is 6.27. The van der Waals surface area contributed by atoms with Crippen LogP contribution in [0, 0.1) is 11.3 Å². The second kappa shape index (κ2) is 7.81. The summed E-state index contributed by atoms with van der Waals surface area (Å²) in [4.78, 5) is 4.97. The van der Waals surface area contributed by atoms with E-state index in [0.717, 1.165) is 25.0 Å². The van der Waals surface area contributed by atoms with Crippen molar-refractivity contribution < 1.29 is 4.74 Å². The zero-order chi connectivity index (χ0) is 17.0. The first-order valence-corrected chi connectivity index (χ1v) is 9.10. The van der Waals surface area contributed by atoms with Crippen LogP contribution in [0.4, 0.5) is 0 Å². The zero-order valence-electron chi connectivity index (χ0n) is 15.1. The molecular formula is C20H30ClNO. The van der Waals surface area contributed by atoms with Crippen molar-refractivity contribution in [1.82, 2.24) is 0 Å². The molecule has 2 rings (SSSR count). The van der Waals surface area contributed by atoms with Gasteiger partial charge < -0.3 is 4.74 Å². The Labute approximate surface area is 146 Å². The van der Waals surface area contributed by atoms with Crippen LogP contribution in [0.5, 0.6) is 0 Å². The summed E-state index contributed by atoms with van der Waals surface area (Å²) >= 11 is 6.63. The molecule has 2 nitrogen and oxygen atoms in total. The van der Waals surface area contributed by atoms with Crippen molar-refractivity contribution in [3.8, 4) is 0 Å². The summed E-state index contributed by atoms with van der Waals surface area (Å²) < 4.78 is 5.27. The number of allylic oxidation sites excluding steroid dienone is 4. The predicted octanol–water partition coefficient (Wildman–Crippen LogP) is 5.69. The van der Waals surface area contributed by atoms with E-state index in [1.165, 1.54) is 17.7 Å². The maximum atomic E-state index is 6.63. The van der Waals surface area contributed by atoms with Crippen molar-refractivity contribution in [2.75, 3.05) is 7.11 Å². The van der Waals surface area contributed by atoms with Crippen molar-refractivity contribution in [2.45, 2.75) is 64.9 Å². The fourth-order valence-corrected chi connectivity index (χ4v) is 4.27. The van der Waals surface area contributed by atoms with E-state index >= 15 is 0 Å². The smallest absolute Gasteiger partial charge is 0.0727 e. The second-order valence-electron chi connectivity index (χ2n) is 7.31. The number of ether oxygens (including phenoxy) is 1. The van der Waals surface area contributed by atoms with Gasteiger partial charge in [-0.05, 0) is 44.6 Å². The van der Waals surface area contributed by atoms with Gasteiger partial charge in [0.05, 0.1) is 11.5 Å². The van der Waals surface area contributed by atoms with Crippen molar-refractivity contribution in [3.63, 3.8) is 0 Å². The number of halogens is 1. The zero-order valence-corrected chi connectivity index (χ0v) is 15.9. The Morgan fingerprint density at radius 2 is 2.30 bits per heavy atom. The fraction of sp³-hybridized carbons (Fsp3) is 0.650. The second-order valence-corrected chi connectivity index (χ2v) is 7.84. The predicted molar refractivity (Wildman–Crippen MR) is 100 cm³/mol. The summed E-state index contributed by atoms with van der Waals surface area (Å²) in [6.07, 6.45) is 13.0. The molecule has 0 saturated heterocycles. The van der Waals surface area contributed by atoms with Gasteiger partial charge in [-0.1, -0.05) is 38.2 Å². The standard InChI is InChI=1S/C20H30ClNO/c1-6-16(8-7-15(3)23-5)12-17-9-10-20(4)13-14(2)11-18(21)19(20)22-17/h6-9,14-15,18H,10-13H2,1-5H3/b8-7-,16-6+/t14-,15-,18+,20-/m1/s1. The Hall–Kier alpha value is -0.860. The van der Waals surface area contributed by atoms with Crippen LogP contribution < -0.4 is 0 Å². The molecule has 128 valence electrons. The van der Waals surface area contributed by atoms with Crippen molar-refractivity contribution in [2.24, 2.45) is 16.3 Å². The highest BCUT2D eigenvalue weighted by Gasteiger charge is 2.41. The average Bonchev–Trinajstić information content (AvgIpc) is 2.51. The van der Waals surface area contributed by atoms with Gasteiger partial charge in [0, 0.05) is 30.4 Å². The molecule has 23 heavy (non-hydrogen) atoms. The van der Waals surface area contributed by atoms with Gasteiger partial charge in [-0.25, -0.2) is 0 Å². The van der Waals surface area contributed by atoms with Crippen LogP contribution in [0.1, 0.15) is 53.4 Å². The lowest BCUT2D eigenvalue weighted by Crippen LogP contribution is -2.42. The molecule has 1 aliphatic carbocycles.